The van der Waals surface area contributed by atoms with Gasteiger partial charge in [0.1, 0.15) is 0 Å². The molecule has 0 unspecified atom stereocenters. The first-order valence-corrected chi connectivity index (χ1v) is 4.06. The van der Waals surface area contributed by atoms with Crippen molar-refractivity contribution >= 4 is 0 Å². The molecule has 0 spiro atoms. The average molecular weight is 158 g/mol. The summed E-state index contributed by atoms with van der Waals surface area (Å²) >= 11 is 0. The lowest BCUT2D eigenvalue weighted by Gasteiger charge is -2.26. The molecule has 1 atom stereocenters. The molecule has 0 amide bonds. The summed E-state index contributed by atoms with van der Waals surface area (Å²) in [7, 11) is 0. The number of aromatic nitrogens is 1. The number of rotatable bonds is 1. The molecule has 2 nitrogen and oxygen atoms in total. The number of nitrogens with one attached hydrogen (secondary N) is 1. The minimum Gasteiger partial charge on any atom is -0.309 e. The Morgan fingerprint density at radius 1 is 1.67 bits per heavy atom. The fourth-order valence-electron chi connectivity index (χ4n) is 1.27. The zero-order valence-electron chi connectivity index (χ0n) is 6.75. The molecule has 2 rings (SSSR count). The summed E-state index contributed by atoms with van der Waals surface area (Å²) in [4.78, 5) is 4.25. The van der Waals surface area contributed by atoms with Crippen LogP contribution < -0.4 is 5.32 Å². The molecule has 0 radical (unpaired) electrons. The van der Waals surface area contributed by atoms with Crippen molar-refractivity contribution in [3.05, 3.63) is 29.6 Å². The SMILES string of the molecule is C#Cc1ccnc([C@@H]2CCN2)c1. The van der Waals surface area contributed by atoms with Gasteiger partial charge in [-0.3, -0.25) is 4.98 Å². The molecule has 0 aliphatic carbocycles. The van der Waals surface area contributed by atoms with Crippen LogP contribution in [0, 0.1) is 12.3 Å². The molecule has 1 saturated heterocycles. The molecule has 1 aromatic heterocycles. The van der Waals surface area contributed by atoms with Crippen LogP contribution in [-0.2, 0) is 0 Å². The fraction of sp³-hybridized carbons (Fsp3) is 0.300. The highest BCUT2D eigenvalue weighted by molar-refractivity contribution is 5.33. The summed E-state index contributed by atoms with van der Waals surface area (Å²) in [6.45, 7) is 1.09. The summed E-state index contributed by atoms with van der Waals surface area (Å²) in [6.07, 6.45) is 8.22. The molecule has 1 aliphatic rings. The minimum absolute atomic E-state index is 0.429. The van der Waals surface area contributed by atoms with E-state index in [1.807, 2.05) is 12.1 Å². The van der Waals surface area contributed by atoms with E-state index in [0.29, 0.717) is 6.04 Å². The quantitative estimate of drug-likeness (QED) is 0.619. The van der Waals surface area contributed by atoms with Crippen LogP contribution in [0.4, 0.5) is 0 Å². The molecule has 1 fully saturated rings. The van der Waals surface area contributed by atoms with Crippen molar-refractivity contribution in [3.63, 3.8) is 0 Å². The van der Waals surface area contributed by atoms with E-state index in [1.54, 1.807) is 6.20 Å². The Hall–Kier alpha value is -1.33. The number of terminal acetylenes is 1. The van der Waals surface area contributed by atoms with E-state index >= 15 is 0 Å². The van der Waals surface area contributed by atoms with Gasteiger partial charge in [0.15, 0.2) is 0 Å². The Labute approximate surface area is 72.0 Å². The zero-order chi connectivity index (χ0) is 8.39. The molecule has 1 N–H and O–H groups in total. The third-order valence-corrected chi connectivity index (χ3v) is 2.13. The normalized spacial score (nSPS) is 21.1. The molecule has 1 aliphatic heterocycles. The van der Waals surface area contributed by atoms with Crippen molar-refractivity contribution in [2.24, 2.45) is 0 Å². The molecule has 2 heterocycles. The zero-order valence-corrected chi connectivity index (χ0v) is 6.75. The highest BCUT2D eigenvalue weighted by Gasteiger charge is 2.19. The van der Waals surface area contributed by atoms with Crippen molar-refractivity contribution in [3.8, 4) is 12.3 Å². The molecule has 0 saturated carbocycles. The highest BCUT2D eigenvalue weighted by atomic mass is 15.0. The van der Waals surface area contributed by atoms with Gasteiger partial charge >= 0.3 is 0 Å². The first-order chi connectivity index (χ1) is 5.90. The maximum Gasteiger partial charge on any atom is 0.0586 e. The number of hydrogen-bond donors (Lipinski definition) is 1. The number of nitrogens with zero attached hydrogens (tertiary/aromatic N) is 1. The first kappa shape index (κ1) is 7.33. The Kier molecular flexibility index (Phi) is 1.81. The highest BCUT2D eigenvalue weighted by Crippen LogP contribution is 2.20. The summed E-state index contributed by atoms with van der Waals surface area (Å²) < 4.78 is 0. The van der Waals surface area contributed by atoms with Gasteiger partial charge < -0.3 is 5.32 Å². The fourth-order valence-corrected chi connectivity index (χ4v) is 1.27. The maximum atomic E-state index is 5.28. The second-order valence-electron chi connectivity index (χ2n) is 2.91. The Morgan fingerprint density at radius 2 is 2.50 bits per heavy atom. The topological polar surface area (TPSA) is 24.9 Å². The molecule has 0 aromatic carbocycles. The van der Waals surface area contributed by atoms with E-state index in [9.17, 15) is 0 Å². The Morgan fingerprint density at radius 3 is 3.08 bits per heavy atom. The number of hydrogen-bond acceptors (Lipinski definition) is 2. The average Bonchev–Trinajstić information content (AvgIpc) is 2.02. The van der Waals surface area contributed by atoms with Crippen LogP contribution >= 0.6 is 0 Å². The van der Waals surface area contributed by atoms with Gasteiger partial charge in [0.05, 0.1) is 11.7 Å². The minimum atomic E-state index is 0.429. The summed E-state index contributed by atoms with van der Waals surface area (Å²) in [5, 5.41) is 3.28. The van der Waals surface area contributed by atoms with Crippen LogP contribution in [0.2, 0.25) is 0 Å². The van der Waals surface area contributed by atoms with E-state index in [2.05, 4.69) is 16.2 Å². The molecular weight excluding hydrogens is 148 g/mol. The molecule has 0 bridgehead atoms. The molecule has 60 valence electrons. The van der Waals surface area contributed by atoms with E-state index in [4.69, 9.17) is 6.42 Å². The van der Waals surface area contributed by atoms with E-state index < -0.39 is 0 Å². The Balaban J connectivity index is 2.27. The predicted octanol–water partition coefficient (Wildman–Crippen LogP) is 1.10. The second kappa shape index (κ2) is 2.96. The van der Waals surface area contributed by atoms with Crippen molar-refractivity contribution in [2.75, 3.05) is 6.54 Å². The lowest BCUT2D eigenvalue weighted by Crippen LogP contribution is -2.35. The molecule has 12 heavy (non-hydrogen) atoms. The van der Waals surface area contributed by atoms with Crippen LogP contribution in [0.25, 0.3) is 0 Å². The monoisotopic (exact) mass is 158 g/mol. The van der Waals surface area contributed by atoms with Gasteiger partial charge in [0.2, 0.25) is 0 Å². The summed E-state index contributed by atoms with van der Waals surface area (Å²) in [5.74, 6) is 2.60. The third kappa shape index (κ3) is 1.19. The number of pyridine rings is 1. The van der Waals surface area contributed by atoms with Crippen LogP contribution in [-0.4, -0.2) is 11.5 Å². The van der Waals surface area contributed by atoms with Crippen molar-refractivity contribution in [1.29, 1.82) is 0 Å². The van der Waals surface area contributed by atoms with Gasteiger partial charge in [-0.2, -0.15) is 0 Å². The lowest BCUT2D eigenvalue weighted by molar-refractivity contribution is 0.375. The van der Waals surface area contributed by atoms with Crippen molar-refractivity contribution < 1.29 is 0 Å². The summed E-state index contributed by atoms with van der Waals surface area (Å²) in [5.41, 5.74) is 1.98. The summed E-state index contributed by atoms with van der Waals surface area (Å²) in [6, 6.07) is 4.25. The van der Waals surface area contributed by atoms with Gasteiger partial charge in [0, 0.05) is 11.8 Å². The largest absolute Gasteiger partial charge is 0.309 e. The van der Waals surface area contributed by atoms with Crippen molar-refractivity contribution in [2.45, 2.75) is 12.5 Å². The lowest BCUT2D eigenvalue weighted by atomic mass is 10.0. The second-order valence-corrected chi connectivity index (χ2v) is 2.91. The molecule has 1 aromatic rings. The van der Waals surface area contributed by atoms with Gasteiger partial charge in [-0.15, -0.1) is 6.42 Å². The van der Waals surface area contributed by atoms with E-state index in [0.717, 1.165) is 17.8 Å². The van der Waals surface area contributed by atoms with Gasteiger partial charge in [-0.25, -0.2) is 0 Å². The molecular formula is C10H10N2. The molecule has 2 heteroatoms. The van der Waals surface area contributed by atoms with E-state index in [1.165, 1.54) is 6.42 Å². The van der Waals surface area contributed by atoms with Crippen LogP contribution in [0.15, 0.2) is 18.3 Å². The standard InChI is InChI=1S/C10H10N2/c1-2-8-3-5-12-10(7-8)9-4-6-11-9/h1,3,5,7,9,11H,4,6H2/t9-/m0/s1. The first-order valence-electron chi connectivity index (χ1n) is 4.06. The van der Waals surface area contributed by atoms with Gasteiger partial charge in [0.25, 0.3) is 0 Å². The smallest absolute Gasteiger partial charge is 0.0586 e. The van der Waals surface area contributed by atoms with Gasteiger partial charge in [-0.1, -0.05) is 5.92 Å². The van der Waals surface area contributed by atoms with Crippen molar-refractivity contribution in [1.82, 2.24) is 10.3 Å². The Bertz CT molecular complexity index is 321. The van der Waals surface area contributed by atoms with Gasteiger partial charge in [-0.05, 0) is 25.1 Å². The van der Waals surface area contributed by atoms with Crippen LogP contribution in [0.1, 0.15) is 23.7 Å². The maximum absolute atomic E-state index is 5.28. The van der Waals surface area contributed by atoms with Crippen LogP contribution in [0.5, 0.6) is 0 Å². The third-order valence-electron chi connectivity index (χ3n) is 2.13. The predicted molar refractivity (Wildman–Crippen MR) is 47.5 cm³/mol. The van der Waals surface area contributed by atoms with E-state index in [-0.39, 0.29) is 0 Å². The van der Waals surface area contributed by atoms with Crippen LogP contribution in [0.3, 0.4) is 0 Å².